The number of anilines is 1. The Kier molecular flexibility index (Phi) is 5.62. The molecule has 7 nitrogen and oxygen atoms in total. The highest BCUT2D eigenvalue weighted by molar-refractivity contribution is 5.85. The lowest BCUT2D eigenvalue weighted by Gasteiger charge is -2.07. The first-order valence-corrected chi connectivity index (χ1v) is 6.19. The number of nitrogens with one attached hydrogen (secondary N) is 2. The molecule has 2 aromatic heterocycles. The van der Waals surface area contributed by atoms with Crippen molar-refractivity contribution in [3.8, 4) is 0 Å². The van der Waals surface area contributed by atoms with Crippen LogP contribution in [-0.4, -0.2) is 26.2 Å². The van der Waals surface area contributed by atoms with Crippen LogP contribution in [0.1, 0.15) is 32.6 Å². The van der Waals surface area contributed by atoms with Crippen molar-refractivity contribution in [3.05, 3.63) is 16.7 Å². The Hall–Kier alpha value is -1.76. The van der Waals surface area contributed by atoms with Crippen LogP contribution in [0, 0.1) is 0 Å². The SMILES string of the molecule is CCCCCCNn1cnc2c(=O)[nH]c(N)nc21.Cl. The van der Waals surface area contributed by atoms with Gasteiger partial charge >= 0.3 is 0 Å². The van der Waals surface area contributed by atoms with E-state index < -0.39 is 0 Å². The maximum atomic E-state index is 11.5. The van der Waals surface area contributed by atoms with Crippen molar-refractivity contribution in [1.29, 1.82) is 0 Å². The molecule has 0 fully saturated rings. The molecule has 2 rings (SSSR count). The van der Waals surface area contributed by atoms with Gasteiger partial charge in [-0.2, -0.15) is 4.98 Å². The molecule has 0 atom stereocenters. The van der Waals surface area contributed by atoms with Gasteiger partial charge in [-0.05, 0) is 6.42 Å². The van der Waals surface area contributed by atoms with Gasteiger partial charge in [0.15, 0.2) is 11.2 Å². The quantitative estimate of drug-likeness (QED) is 0.694. The standard InChI is InChI=1S/C11H18N6O.ClH/c1-2-3-4-5-6-14-17-7-13-8-9(17)15-11(12)16-10(8)18;/h7,14H,2-6H2,1H3,(H3,12,15,16,18);1H. The van der Waals surface area contributed by atoms with Gasteiger partial charge in [0.1, 0.15) is 6.33 Å². The predicted octanol–water partition coefficient (Wildman–Crippen LogP) is 1.25. The van der Waals surface area contributed by atoms with Gasteiger partial charge in [-0.15, -0.1) is 12.4 Å². The Labute approximate surface area is 117 Å². The van der Waals surface area contributed by atoms with Gasteiger partial charge in [-0.25, -0.2) is 9.66 Å². The average molecular weight is 287 g/mol. The van der Waals surface area contributed by atoms with Crippen molar-refractivity contribution in [2.45, 2.75) is 32.6 Å². The summed E-state index contributed by atoms with van der Waals surface area (Å²) in [4.78, 5) is 22.1. The van der Waals surface area contributed by atoms with Crippen LogP contribution in [0.15, 0.2) is 11.1 Å². The minimum Gasteiger partial charge on any atom is -0.369 e. The van der Waals surface area contributed by atoms with E-state index in [2.05, 4.69) is 27.3 Å². The highest BCUT2D eigenvalue weighted by atomic mass is 35.5. The number of aromatic nitrogens is 4. The zero-order valence-electron chi connectivity index (χ0n) is 10.8. The number of halogens is 1. The first kappa shape index (κ1) is 15.3. The Balaban J connectivity index is 0.00000180. The second kappa shape index (κ2) is 6.98. The lowest BCUT2D eigenvalue weighted by atomic mass is 10.2. The normalized spacial score (nSPS) is 10.4. The third-order valence-electron chi connectivity index (χ3n) is 2.74. The fourth-order valence-electron chi connectivity index (χ4n) is 1.79. The first-order valence-electron chi connectivity index (χ1n) is 6.19. The number of nitrogens with two attached hydrogens (primary N) is 1. The van der Waals surface area contributed by atoms with Crippen LogP contribution >= 0.6 is 12.4 Å². The summed E-state index contributed by atoms with van der Waals surface area (Å²) in [5.74, 6) is 0.0991. The Morgan fingerprint density at radius 3 is 2.95 bits per heavy atom. The van der Waals surface area contributed by atoms with E-state index in [1.807, 2.05) is 0 Å². The zero-order valence-corrected chi connectivity index (χ0v) is 11.7. The van der Waals surface area contributed by atoms with E-state index in [0.29, 0.717) is 11.2 Å². The number of hydrogen-bond donors (Lipinski definition) is 3. The summed E-state index contributed by atoms with van der Waals surface area (Å²) in [6.45, 7) is 3.00. The number of nitrogen functional groups attached to an aromatic ring is 1. The van der Waals surface area contributed by atoms with Crippen molar-refractivity contribution in [2.75, 3.05) is 17.7 Å². The van der Waals surface area contributed by atoms with Crippen molar-refractivity contribution >= 4 is 29.5 Å². The molecule has 0 saturated carbocycles. The van der Waals surface area contributed by atoms with Gasteiger partial charge in [0.2, 0.25) is 5.95 Å². The number of H-pyrrole nitrogens is 1. The molecule has 2 heterocycles. The van der Waals surface area contributed by atoms with E-state index in [-0.39, 0.29) is 23.9 Å². The molecule has 0 radical (unpaired) electrons. The molecular formula is C11H19ClN6O. The molecule has 0 saturated heterocycles. The molecule has 0 aliphatic heterocycles. The summed E-state index contributed by atoms with van der Waals surface area (Å²) in [5, 5.41) is 0. The minimum absolute atomic E-state index is 0. The van der Waals surface area contributed by atoms with E-state index in [1.165, 1.54) is 19.3 Å². The number of nitrogens with zero attached hydrogens (tertiary/aromatic N) is 3. The third kappa shape index (κ3) is 3.60. The fourth-order valence-corrected chi connectivity index (χ4v) is 1.79. The number of hydrogen-bond acceptors (Lipinski definition) is 5. The Morgan fingerprint density at radius 1 is 1.42 bits per heavy atom. The van der Waals surface area contributed by atoms with Crippen LogP contribution < -0.4 is 16.7 Å². The molecule has 0 spiro atoms. The molecule has 0 aliphatic carbocycles. The highest BCUT2D eigenvalue weighted by Gasteiger charge is 2.08. The summed E-state index contributed by atoms with van der Waals surface area (Å²) in [5.41, 5.74) is 9.12. The number of rotatable bonds is 6. The number of unbranched alkanes of at least 4 members (excludes halogenated alkanes) is 3. The van der Waals surface area contributed by atoms with Gasteiger partial charge in [-0.1, -0.05) is 26.2 Å². The van der Waals surface area contributed by atoms with E-state index in [0.717, 1.165) is 13.0 Å². The third-order valence-corrected chi connectivity index (χ3v) is 2.74. The number of imidazole rings is 1. The lowest BCUT2D eigenvalue weighted by molar-refractivity contribution is 0.663. The highest BCUT2D eigenvalue weighted by Crippen LogP contribution is 2.04. The van der Waals surface area contributed by atoms with Crippen LogP contribution in [-0.2, 0) is 0 Å². The molecule has 0 aliphatic rings. The second-order valence-corrected chi connectivity index (χ2v) is 4.21. The van der Waals surface area contributed by atoms with Gasteiger partial charge < -0.3 is 11.2 Å². The predicted molar refractivity (Wildman–Crippen MR) is 78.2 cm³/mol. The summed E-state index contributed by atoms with van der Waals surface area (Å²) >= 11 is 0. The van der Waals surface area contributed by atoms with Crippen molar-refractivity contribution in [1.82, 2.24) is 19.6 Å². The second-order valence-electron chi connectivity index (χ2n) is 4.21. The van der Waals surface area contributed by atoms with Gasteiger partial charge in [0.05, 0.1) is 0 Å². The smallest absolute Gasteiger partial charge is 0.280 e. The summed E-state index contributed by atoms with van der Waals surface area (Å²) < 4.78 is 1.65. The average Bonchev–Trinajstić information content (AvgIpc) is 2.72. The minimum atomic E-state index is -0.316. The maximum Gasteiger partial charge on any atom is 0.280 e. The Bertz CT molecular complexity index is 578. The molecule has 0 amide bonds. The maximum absolute atomic E-state index is 11.5. The van der Waals surface area contributed by atoms with E-state index in [1.54, 1.807) is 11.0 Å². The molecule has 2 aromatic rings. The van der Waals surface area contributed by atoms with Crippen molar-refractivity contribution in [3.63, 3.8) is 0 Å². The molecular weight excluding hydrogens is 268 g/mol. The molecule has 0 unspecified atom stereocenters. The first-order chi connectivity index (χ1) is 8.72. The summed E-state index contributed by atoms with van der Waals surface area (Å²) in [6.07, 6.45) is 6.25. The molecule has 0 bridgehead atoms. The number of fused-ring (bicyclic) bond motifs is 1. The molecule has 106 valence electrons. The van der Waals surface area contributed by atoms with Crippen LogP contribution in [0.25, 0.3) is 11.2 Å². The van der Waals surface area contributed by atoms with Crippen LogP contribution in [0.2, 0.25) is 0 Å². The topological polar surface area (TPSA) is 102 Å². The monoisotopic (exact) mass is 286 g/mol. The summed E-state index contributed by atoms with van der Waals surface area (Å²) in [6, 6.07) is 0. The van der Waals surface area contributed by atoms with Crippen LogP contribution in [0.3, 0.4) is 0 Å². The van der Waals surface area contributed by atoms with Gasteiger partial charge in [0, 0.05) is 6.54 Å². The van der Waals surface area contributed by atoms with Crippen molar-refractivity contribution in [2.24, 2.45) is 0 Å². The molecule has 8 heteroatoms. The molecule has 0 aromatic carbocycles. The van der Waals surface area contributed by atoms with Crippen molar-refractivity contribution < 1.29 is 0 Å². The molecule has 19 heavy (non-hydrogen) atoms. The largest absolute Gasteiger partial charge is 0.369 e. The number of aromatic amines is 1. The van der Waals surface area contributed by atoms with E-state index in [4.69, 9.17) is 5.73 Å². The van der Waals surface area contributed by atoms with Gasteiger partial charge in [0.25, 0.3) is 5.56 Å². The van der Waals surface area contributed by atoms with Crippen LogP contribution in [0.5, 0.6) is 0 Å². The Morgan fingerprint density at radius 2 is 2.21 bits per heavy atom. The fraction of sp³-hybridized carbons (Fsp3) is 0.545. The lowest BCUT2D eigenvalue weighted by Crippen LogP contribution is -2.17. The zero-order chi connectivity index (χ0) is 13.0. The van der Waals surface area contributed by atoms with Crippen LogP contribution in [0.4, 0.5) is 5.95 Å². The summed E-state index contributed by atoms with van der Waals surface area (Å²) in [7, 11) is 0. The van der Waals surface area contributed by atoms with E-state index in [9.17, 15) is 4.79 Å². The van der Waals surface area contributed by atoms with Gasteiger partial charge in [-0.3, -0.25) is 9.78 Å². The van der Waals surface area contributed by atoms with E-state index >= 15 is 0 Å². The molecule has 4 N–H and O–H groups in total.